The summed E-state index contributed by atoms with van der Waals surface area (Å²) < 4.78 is 13.9. The molecule has 0 saturated carbocycles. The van der Waals surface area contributed by atoms with Gasteiger partial charge in [0.1, 0.15) is 24.3 Å². The molecule has 2 heterocycles. The zero-order valence-electron chi connectivity index (χ0n) is 18.2. The topological polar surface area (TPSA) is 65.4 Å². The maximum absolute atomic E-state index is 12.6. The minimum Gasteiger partial charge on any atom is -0.491 e. The van der Waals surface area contributed by atoms with Crippen molar-refractivity contribution in [3.63, 3.8) is 0 Å². The van der Waals surface area contributed by atoms with Gasteiger partial charge in [-0.25, -0.2) is 4.98 Å². The summed E-state index contributed by atoms with van der Waals surface area (Å²) in [5.41, 5.74) is 1.94. The van der Waals surface area contributed by atoms with Crippen molar-refractivity contribution in [2.45, 2.75) is 38.5 Å². The Morgan fingerprint density at radius 3 is 2.84 bits per heavy atom. The molecule has 164 valence electrons. The van der Waals surface area contributed by atoms with E-state index in [9.17, 15) is 4.79 Å². The number of amides is 1. The molecule has 32 heavy (non-hydrogen) atoms. The molecule has 1 N–H and O–H groups in total. The molecule has 1 amide bonds. The molecule has 4 aromatic rings. The lowest BCUT2D eigenvalue weighted by molar-refractivity contribution is -0.130. The quantitative estimate of drug-likeness (QED) is 0.465. The Bertz CT molecular complexity index is 1240. The third kappa shape index (κ3) is 4.06. The van der Waals surface area contributed by atoms with Crippen LogP contribution in [0.3, 0.4) is 0 Å². The number of benzene rings is 3. The number of ether oxygens (including phenoxy) is 2. The van der Waals surface area contributed by atoms with Gasteiger partial charge in [-0.1, -0.05) is 48.5 Å². The Balaban J connectivity index is 1.36. The maximum atomic E-state index is 12.6. The zero-order valence-corrected chi connectivity index (χ0v) is 18.2. The number of rotatable bonds is 7. The average molecular weight is 430 g/mol. The number of imidazole rings is 1. The third-order valence-corrected chi connectivity index (χ3v) is 5.97. The Hall–Kier alpha value is -3.38. The van der Waals surface area contributed by atoms with Crippen molar-refractivity contribution in [3.05, 3.63) is 72.6 Å². The zero-order chi connectivity index (χ0) is 21.9. The van der Waals surface area contributed by atoms with Crippen molar-refractivity contribution >= 4 is 27.7 Å². The van der Waals surface area contributed by atoms with Gasteiger partial charge in [-0.15, -0.1) is 0 Å². The lowest BCUT2D eigenvalue weighted by atomic mass is 10.1. The molecule has 5 rings (SSSR count). The molecule has 3 aromatic carbocycles. The summed E-state index contributed by atoms with van der Waals surface area (Å²) >= 11 is 0. The number of hydrogen-bond acceptors (Lipinski definition) is 4. The number of para-hydroxylation sites is 2. The fraction of sp³-hybridized carbons (Fsp3) is 0.308. The van der Waals surface area contributed by atoms with Gasteiger partial charge in [0.15, 0.2) is 0 Å². The number of nitrogens with zero attached hydrogens (tertiary/aromatic N) is 2. The highest BCUT2D eigenvalue weighted by Gasteiger charge is 2.26. The number of carbonyl (C=O) groups is 1. The van der Waals surface area contributed by atoms with E-state index < -0.39 is 0 Å². The van der Waals surface area contributed by atoms with Crippen molar-refractivity contribution < 1.29 is 14.3 Å². The van der Waals surface area contributed by atoms with E-state index in [-0.39, 0.29) is 18.1 Å². The summed E-state index contributed by atoms with van der Waals surface area (Å²) in [5.74, 6) is 1.62. The minimum atomic E-state index is -0.357. The molecule has 0 radical (unpaired) electrons. The van der Waals surface area contributed by atoms with E-state index >= 15 is 0 Å². The molecule has 1 aromatic heterocycles. The Labute approximate surface area is 187 Å². The first kappa shape index (κ1) is 20.5. The summed E-state index contributed by atoms with van der Waals surface area (Å²) in [5, 5.41) is 5.34. The molecule has 1 fully saturated rings. The van der Waals surface area contributed by atoms with Gasteiger partial charge >= 0.3 is 0 Å². The smallest absolute Gasteiger partial charge is 0.249 e. The van der Waals surface area contributed by atoms with E-state index in [0.29, 0.717) is 19.8 Å². The molecule has 0 bridgehead atoms. The first-order valence-electron chi connectivity index (χ1n) is 11.2. The van der Waals surface area contributed by atoms with Gasteiger partial charge < -0.3 is 19.4 Å². The summed E-state index contributed by atoms with van der Waals surface area (Å²) in [7, 11) is 0. The fourth-order valence-corrected chi connectivity index (χ4v) is 4.38. The monoisotopic (exact) mass is 429 g/mol. The second-order valence-electron chi connectivity index (χ2n) is 8.17. The molecule has 1 aliphatic rings. The van der Waals surface area contributed by atoms with Crippen molar-refractivity contribution in [1.82, 2.24) is 14.9 Å². The van der Waals surface area contributed by atoms with Gasteiger partial charge in [-0.2, -0.15) is 0 Å². The normalized spacial score (nSPS) is 17.0. The number of hydrogen-bond donors (Lipinski definition) is 1. The summed E-state index contributed by atoms with van der Waals surface area (Å²) in [6.07, 6.45) is 1.34. The molecule has 6 nitrogen and oxygen atoms in total. The van der Waals surface area contributed by atoms with E-state index in [1.165, 1.54) is 0 Å². The van der Waals surface area contributed by atoms with Gasteiger partial charge in [-0.05, 0) is 43.4 Å². The lowest BCUT2D eigenvalue weighted by Crippen LogP contribution is -2.36. The van der Waals surface area contributed by atoms with Crippen molar-refractivity contribution in [3.8, 4) is 5.75 Å². The van der Waals surface area contributed by atoms with Crippen LogP contribution in [0.15, 0.2) is 66.7 Å². The average Bonchev–Trinajstić information content (AvgIpc) is 3.48. The van der Waals surface area contributed by atoms with Gasteiger partial charge in [-0.3, -0.25) is 4.79 Å². The third-order valence-electron chi connectivity index (χ3n) is 5.97. The summed E-state index contributed by atoms with van der Waals surface area (Å²) in [6, 6.07) is 22.1. The molecule has 2 atom stereocenters. The predicted octanol–water partition coefficient (Wildman–Crippen LogP) is 4.62. The van der Waals surface area contributed by atoms with Gasteiger partial charge in [0, 0.05) is 12.0 Å². The molecular weight excluding hydrogens is 402 g/mol. The maximum Gasteiger partial charge on any atom is 0.249 e. The lowest BCUT2D eigenvalue weighted by Gasteiger charge is -2.18. The highest BCUT2D eigenvalue weighted by atomic mass is 16.5. The van der Waals surface area contributed by atoms with Crippen LogP contribution in [0.1, 0.15) is 31.6 Å². The summed E-state index contributed by atoms with van der Waals surface area (Å²) in [4.78, 5) is 17.4. The van der Waals surface area contributed by atoms with Crippen molar-refractivity contribution in [2.75, 3.05) is 13.2 Å². The SMILES string of the molecule is CC(NC(=O)C1CCCO1)c1nc2ccccc2n1CCOc1cccc2ccccc12. The van der Waals surface area contributed by atoms with E-state index in [2.05, 4.69) is 34.1 Å². The van der Waals surface area contributed by atoms with E-state index in [4.69, 9.17) is 14.5 Å². The fourth-order valence-electron chi connectivity index (χ4n) is 4.38. The Morgan fingerprint density at radius 2 is 1.97 bits per heavy atom. The number of aromatic nitrogens is 2. The number of nitrogens with one attached hydrogen (secondary N) is 1. The van der Waals surface area contributed by atoms with Crippen LogP contribution in [0.4, 0.5) is 0 Å². The molecule has 1 saturated heterocycles. The van der Waals surface area contributed by atoms with Crippen LogP contribution in [0.5, 0.6) is 5.75 Å². The highest BCUT2D eigenvalue weighted by Crippen LogP contribution is 2.26. The van der Waals surface area contributed by atoms with Crippen LogP contribution in [0.25, 0.3) is 21.8 Å². The van der Waals surface area contributed by atoms with Crippen LogP contribution >= 0.6 is 0 Å². The molecule has 6 heteroatoms. The number of carbonyl (C=O) groups excluding carboxylic acids is 1. The largest absolute Gasteiger partial charge is 0.491 e. The van der Waals surface area contributed by atoms with Crippen LogP contribution in [0, 0.1) is 0 Å². The van der Waals surface area contributed by atoms with Crippen molar-refractivity contribution in [1.29, 1.82) is 0 Å². The first-order chi connectivity index (χ1) is 15.7. The van der Waals surface area contributed by atoms with E-state index in [1.807, 2.05) is 49.4 Å². The van der Waals surface area contributed by atoms with E-state index in [1.54, 1.807) is 0 Å². The van der Waals surface area contributed by atoms with Crippen LogP contribution in [-0.4, -0.2) is 34.8 Å². The molecular formula is C26H27N3O3. The van der Waals surface area contributed by atoms with E-state index in [0.717, 1.165) is 46.2 Å². The van der Waals surface area contributed by atoms with Gasteiger partial charge in [0.05, 0.1) is 23.6 Å². The van der Waals surface area contributed by atoms with Gasteiger partial charge in [0.25, 0.3) is 0 Å². The van der Waals surface area contributed by atoms with Crippen LogP contribution in [0.2, 0.25) is 0 Å². The molecule has 1 aliphatic heterocycles. The minimum absolute atomic E-state index is 0.0689. The molecule has 2 unspecified atom stereocenters. The van der Waals surface area contributed by atoms with Crippen LogP contribution in [-0.2, 0) is 16.1 Å². The number of fused-ring (bicyclic) bond motifs is 2. The van der Waals surface area contributed by atoms with Gasteiger partial charge in [0.2, 0.25) is 5.91 Å². The standard InChI is InChI=1S/C26H27N3O3/c1-18(27-26(30)24-14-7-16-31-24)25-28-21-11-4-5-12-22(21)29(25)15-17-32-23-13-6-9-19-8-2-3-10-20(19)23/h2-6,8-13,18,24H,7,14-17H2,1H3,(H,27,30). The Morgan fingerprint density at radius 1 is 1.16 bits per heavy atom. The first-order valence-corrected chi connectivity index (χ1v) is 11.2. The highest BCUT2D eigenvalue weighted by molar-refractivity contribution is 5.88. The van der Waals surface area contributed by atoms with Crippen LogP contribution < -0.4 is 10.1 Å². The second kappa shape index (κ2) is 9.01. The molecule has 0 spiro atoms. The molecule has 0 aliphatic carbocycles. The predicted molar refractivity (Wildman–Crippen MR) is 125 cm³/mol. The summed E-state index contributed by atoms with van der Waals surface area (Å²) in [6.45, 7) is 3.74. The Kier molecular flexibility index (Phi) is 5.77. The second-order valence-corrected chi connectivity index (χ2v) is 8.17. The van der Waals surface area contributed by atoms with Crippen molar-refractivity contribution in [2.24, 2.45) is 0 Å².